The lowest BCUT2D eigenvalue weighted by Crippen LogP contribution is -2.35. The number of esters is 1. The molecule has 0 saturated heterocycles. The molecular weight excluding hydrogens is 264 g/mol. The van der Waals surface area contributed by atoms with Gasteiger partial charge in [-0.05, 0) is 13.3 Å². The highest BCUT2D eigenvalue weighted by atomic mass is 32.2. The van der Waals surface area contributed by atoms with Crippen LogP contribution < -0.4 is 0 Å². The van der Waals surface area contributed by atoms with Gasteiger partial charge in [0.1, 0.15) is 0 Å². The van der Waals surface area contributed by atoms with Crippen LogP contribution in [0.25, 0.3) is 0 Å². The number of carbonyl (C=O) groups is 2. The topological polar surface area (TPSA) is 118 Å². The Bertz CT molecular complexity index is 387. The number of carboxylic acid groups (broad SMARTS) is 1. The molecule has 0 heterocycles. The summed E-state index contributed by atoms with van der Waals surface area (Å²) in [4.78, 5) is 21.9. The van der Waals surface area contributed by atoms with Crippen LogP contribution in [0.15, 0.2) is 0 Å². The fourth-order valence-electron chi connectivity index (χ4n) is 1.29. The Kier molecular flexibility index (Phi) is 6.85. The summed E-state index contributed by atoms with van der Waals surface area (Å²) >= 11 is 0. The van der Waals surface area contributed by atoms with Crippen molar-refractivity contribution >= 4 is 22.1 Å². The second kappa shape index (κ2) is 7.32. The van der Waals surface area contributed by atoms with Gasteiger partial charge >= 0.3 is 11.9 Å². The second-order valence-electron chi connectivity index (χ2n) is 3.99. The van der Waals surface area contributed by atoms with Crippen molar-refractivity contribution in [3.8, 4) is 0 Å². The summed E-state index contributed by atoms with van der Waals surface area (Å²) in [5.74, 6) is -2.74. The van der Waals surface area contributed by atoms with Gasteiger partial charge < -0.3 is 9.84 Å². The third-order valence-electron chi connectivity index (χ3n) is 2.26. The first-order valence-corrected chi connectivity index (χ1v) is 7.07. The highest BCUT2D eigenvalue weighted by Crippen LogP contribution is 2.11. The van der Waals surface area contributed by atoms with Gasteiger partial charge in [-0.25, -0.2) is 0 Å². The van der Waals surface area contributed by atoms with Crippen LogP contribution in [0.2, 0.25) is 0 Å². The fraction of sp³-hybridized carbons (Fsp3) is 0.800. The van der Waals surface area contributed by atoms with Crippen molar-refractivity contribution in [3.05, 3.63) is 0 Å². The van der Waals surface area contributed by atoms with Crippen LogP contribution in [0.4, 0.5) is 0 Å². The molecule has 7 nitrogen and oxygen atoms in total. The minimum atomic E-state index is -4.78. The smallest absolute Gasteiger partial charge is 0.327 e. The lowest BCUT2D eigenvalue weighted by atomic mass is 10.2. The molecule has 0 rings (SSSR count). The number of aliphatic carboxylic acids is 1. The molecule has 0 bridgehead atoms. The van der Waals surface area contributed by atoms with Crippen molar-refractivity contribution in [1.29, 1.82) is 0 Å². The molecule has 0 aliphatic rings. The van der Waals surface area contributed by atoms with Gasteiger partial charge in [0.25, 0.3) is 10.1 Å². The zero-order valence-corrected chi connectivity index (χ0v) is 11.1. The predicted molar refractivity (Wildman–Crippen MR) is 62.7 cm³/mol. The van der Waals surface area contributed by atoms with Crippen LogP contribution in [0.1, 0.15) is 39.5 Å². The molecule has 106 valence electrons. The van der Waals surface area contributed by atoms with E-state index in [1.807, 2.05) is 6.92 Å². The third-order valence-corrected chi connectivity index (χ3v) is 3.34. The highest BCUT2D eigenvalue weighted by molar-refractivity contribution is 7.87. The van der Waals surface area contributed by atoms with Gasteiger partial charge in [-0.3, -0.25) is 14.1 Å². The summed E-state index contributed by atoms with van der Waals surface area (Å²) in [6.45, 7) is 3.52. The number of hydrogen-bond donors (Lipinski definition) is 2. The molecule has 0 saturated carbocycles. The summed E-state index contributed by atoms with van der Waals surface area (Å²) in [5.41, 5.74) is 0. The molecule has 0 aromatic carbocycles. The molecule has 8 heteroatoms. The van der Waals surface area contributed by atoms with Crippen molar-refractivity contribution in [3.63, 3.8) is 0 Å². The molecule has 0 aliphatic carbocycles. The maximum atomic E-state index is 11.5. The molecule has 0 aliphatic heterocycles. The maximum absolute atomic E-state index is 11.5. The molecule has 0 fully saturated rings. The van der Waals surface area contributed by atoms with Crippen molar-refractivity contribution in [2.45, 2.75) is 50.9 Å². The Labute approximate surface area is 106 Å². The van der Waals surface area contributed by atoms with Crippen molar-refractivity contribution in [1.82, 2.24) is 0 Å². The first-order chi connectivity index (χ1) is 8.18. The average molecular weight is 282 g/mol. The first-order valence-electron chi connectivity index (χ1n) is 5.57. The van der Waals surface area contributed by atoms with Crippen LogP contribution in [-0.2, 0) is 24.4 Å². The van der Waals surface area contributed by atoms with Crippen LogP contribution >= 0.6 is 0 Å². The van der Waals surface area contributed by atoms with E-state index in [2.05, 4.69) is 0 Å². The normalized spacial score (nSPS) is 14.8. The van der Waals surface area contributed by atoms with Crippen LogP contribution in [-0.4, -0.2) is 41.4 Å². The average Bonchev–Trinajstić information content (AvgIpc) is 2.21. The van der Waals surface area contributed by atoms with E-state index in [9.17, 15) is 18.0 Å². The summed E-state index contributed by atoms with van der Waals surface area (Å²) in [6.07, 6.45) is 0.699. The minimum Gasteiger partial charge on any atom is -0.481 e. The molecule has 18 heavy (non-hydrogen) atoms. The monoisotopic (exact) mass is 282 g/mol. The maximum Gasteiger partial charge on any atom is 0.327 e. The van der Waals surface area contributed by atoms with Gasteiger partial charge in [-0.15, -0.1) is 0 Å². The summed E-state index contributed by atoms with van der Waals surface area (Å²) in [5, 5.41) is 6.42. The van der Waals surface area contributed by atoms with E-state index < -0.39 is 39.8 Å². The number of carboxylic acids is 1. The molecule has 2 N–H and O–H groups in total. The Morgan fingerprint density at radius 2 is 1.89 bits per heavy atom. The molecule has 0 spiro atoms. The van der Waals surface area contributed by atoms with Crippen molar-refractivity contribution < 1.29 is 32.4 Å². The van der Waals surface area contributed by atoms with Crippen molar-refractivity contribution in [2.75, 3.05) is 0 Å². The van der Waals surface area contributed by atoms with E-state index in [0.717, 1.165) is 12.8 Å². The standard InChI is InChI=1S/C10H18O7S/c1-3-4-5-7(2)17-10(13)8(6-9(11)12)18(14,15)16/h7-8H,3-6H2,1-2H3,(H,11,12)(H,14,15,16). The van der Waals surface area contributed by atoms with Gasteiger partial charge in [0.05, 0.1) is 12.5 Å². The number of hydrogen-bond acceptors (Lipinski definition) is 5. The van der Waals surface area contributed by atoms with Crippen LogP contribution in [0, 0.1) is 0 Å². The Hall–Kier alpha value is -1.15. The largest absolute Gasteiger partial charge is 0.481 e. The molecule has 0 aromatic heterocycles. The highest BCUT2D eigenvalue weighted by Gasteiger charge is 2.35. The molecule has 2 unspecified atom stereocenters. The van der Waals surface area contributed by atoms with E-state index in [4.69, 9.17) is 14.4 Å². The summed E-state index contributed by atoms with van der Waals surface area (Å²) in [6, 6.07) is 0. The molecule has 0 amide bonds. The number of ether oxygens (including phenoxy) is 1. The third kappa shape index (κ3) is 6.55. The molecule has 0 aromatic rings. The summed E-state index contributed by atoms with van der Waals surface area (Å²) < 4.78 is 35.4. The Morgan fingerprint density at radius 1 is 1.33 bits per heavy atom. The quantitative estimate of drug-likeness (QED) is 0.500. The van der Waals surface area contributed by atoms with Crippen molar-refractivity contribution in [2.24, 2.45) is 0 Å². The Balaban J connectivity index is 4.63. The fourth-order valence-corrected chi connectivity index (χ4v) is 1.95. The zero-order chi connectivity index (χ0) is 14.3. The van der Waals surface area contributed by atoms with Gasteiger partial charge in [0, 0.05) is 0 Å². The van der Waals surface area contributed by atoms with Crippen LogP contribution in [0.3, 0.4) is 0 Å². The number of carbonyl (C=O) groups excluding carboxylic acids is 1. The van der Waals surface area contributed by atoms with Gasteiger partial charge in [-0.2, -0.15) is 8.42 Å². The van der Waals surface area contributed by atoms with E-state index >= 15 is 0 Å². The molecule has 0 radical (unpaired) electrons. The minimum absolute atomic E-state index is 0.518. The van der Waals surface area contributed by atoms with E-state index in [-0.39, 0.29) is 0 Å². The van der Waals surface area contributed by atoms with Gasteiger partial charge in [0.2, 0.25) is 0 Å². The number of unbranched alkanes of at least 4 members (excludes halogenated alkanes) is 1. The first kappa shape index (κ1) is 16.9. The lowest BCUT2D eigenvalue weighted by molar-refractivity contribution is -0.151. The van der Waals surface area contributed by atoms with E-state index in [1.165, 1.54) is 0 Å². The zero-order valence-electron chi connectivity index (χ0n) is 10.3. The predicted octanol–water partition coefficient (Wildman–Crippen LogP) is 0.839. The molecular formula is C10H18O7S. The number of rotatable bonds is 8. The van der Waals surface area contributed by atoms with Gasteiger partial charge in [-0.1, -0.05) is 19.8 Å². The van der Waals surface area contributed by atoms with Gasteiger partial charge in [0.15, 0.2) is 5.25 Å². The van der Waals surface area contributed by atoms with E-state index in [1.54, 1.807) is 6.92 Å². The summed E-state index contributed by atoms with van der Waals surface area (Å²) in [7, 11) is -4.78. The second-order valence-corrected chi connectivity index (χ2v) is 5.59. The SMILES string of the molecule is CCCCC(C)OC(=O)C(CC(=O)O)S(=O)(=O)O. The lowest BCUT2D eigenvalue weighted by Gasteiger charge is -2.16. The van der Waals surface area contributed by atoms with E-state index in [0.29, 0.717) is 6.42 Å². The van der Waals surface area contributed by atoms with Crippen LogP contribution in [0.5, 0.6) is 0 Å². The molecule has 2 atom stereocenters. The Morgan fingerprint density at radius 3 is 2.28 bits per heavy atom.